The van der Waals surface area contributed by atoms with Crippen LogP contribution >= 0.6 is 0 Å². The van der Waals surface area contributed by atoms with E-state index >= 15 is 0 Å². The zero-order chi connectivity index (χ0) is 12.0. The standard InChI is InChI=1S/C13H27NO2/c1-10(2)14-6-5-7-15-13-8-11(3)16-12(4)9-13/h10-14H,5-9H2,1-4H3. The van der Waals surface area contributed by atoms with Crippen molar-refractivity contribution in [1.82, 2.24) is 5.32 Å². The molecule has 1 fully saturated rings. The molecular weight excluding hydrogens is 202 g/mol. The van der Waals surface area contributed by atoms with Crippen LogP contribution in [-0.2, 0) is 9.47 Å². The zero-order valence-electron chi connectivity index (χ0n) is 11.2. The molecule has 2 unspecified atom stereocenters. The van der Waals surface area contributed by atoms with Crippen LogP contribution in [0.2, 0.25) is 0 Å². The molecule has 1 aliphatic heterocycles. The molecular formula is C13H27NO2. The highest BCUT2D eigenvalue weighted by Gasteiger charge is 2.24. The Kier molecular flexibility index (Phi) is 6.32. The van der Waals surface area contributed by atoms with Crippen LogP contribution in [0.1, 0.15) is 47.0 Å². The minimum absolute atomic E-state index is 0.350. The molecule has 1 rings (SSSR count). The zero-order valence-corrected chi connectivity index (χ0v) is 11.2. The van der Waals surface area contributed by atoms with Crippen LogP contribution in [0, 0.1) is 0 Å². The van der Waals surface area contributed by atoms with E-state index in [1.165, 1.54) is 0 Å². The third-order valence-corrected chi connectivity index (χ3v) is 2.88. The predicted molar refractivity (Wildman–Crippen MR) is 66.7 cm³/mol. The van der Waals surface area contributed by atoms with Crippen LogP contribution in [0.3, 0.4) is 0 Å². The van der Waals surface area contributed by atoms with Gasteiger partial charge in [-0.3, -0.25) is 0 Å². The molecule has 3 nitrogen and oxygen atoms in total. The molecule has 0 bridgehead atoms. The van der Waals surface area contributed by atoms with Gasteiger partial charge in [-0.2, -0.15) is 0 Å². The highest BCUT2D eigenvalue weighted by atomic mass is 16.5. The van der Waals surface area contributed by atoms with Gasteiger partial charge < -0.3 is 14.8 Å². The third kappa shape index (κ3) is 5.83. The Morgan fingerprint density at radius 2 is 1.88 bits per heavy atom. The van der Waals surface area contributed by atoms with Crippen LogP contribution in [0.25, 0.3) is 0 Å². The molecule has 0 aromatic heterocycles. The van der Waals surface area contributed by atoms with Gasteiger partial charge in [0.2, 0.25) is 0 Å². The molecule has 16 heavy (non-hydrogen) atoms. The lowest BCUT2D eigenvalue weighted by Gasteiger charge is -2.32. The predicted octanol–water partition coefficient (Wildman–Crippen LogP) is 2.35. The van der Waals surface area contributed by atoms with Crippen LogP contribution < -0.4 is 5.32 Å². The second-order valence-electron chi connectivity index (χ2n) is 5.18. The number of nitrogens with one attached hydrogen (secondary N) is 1. The van der Waals surface area contributed by atoms with Crippen molar-refractivity contribution in [2.45, 2.75) is 71.3 Å². The third-order valence-electron chi connectivity index (χ3n) is 2.88. The maximum Gasteiger partial charge on any atom is 0.0624 e. The minimum Gasteiger partial charge on any atom is -0.378 e. The fraction of sp³-hybridized carbons (Fsp3) is 1.00. The number of hydrogen-bond donors (Lipinski definition) is 1. The Hall–Kier alpha value is -0.120. The van der Waals surface area contributed by atoms with E-state index < -0.39 is 0 Å². The van der Waals surface area contributed by atoms with Gasteiger partial charge in [0.05, 0.1) is 18.3 Å². The Labute approximate surface area is 99.9 Å². The first-order valence-electron chi connectivity index (χ1n) is 6.58. The summed E-state index contributed by atoms with van der Waals surface area (Å²) in [6, 6.07) is 0.572. The van der Waals surface area contributed by atoms with Gasteiger partial charge in [0.1, 0.15) is 0 Å². The summed E-state index contributed by atoms with van der Waals surface area (Å²) < 4.78 is 11.6. The molecule has 96 valence electrons. The Morgan fingerprint density at radius 3 is 2.44 bits per heavy atom. The SMILES string of the molecule is CC(C)NCCCOC1CC(C)OC(C)C1. The second kappa shape index (κ2) is 7.25. The average molecular weight is 229 g/mol. The van der Waals surface area contributed by atoms with E-state index in [1.54, 1.807) is 0 Å². The van der Waals surface area contributed by atoms with Gasteiger partial charge in [0.25, 0.3) is 0 Å². The van der Waals surface area contributed by atoms with Crippen molar-refractivity contribution in [3.63, 3.8) is 0 Å². The Bertz CT molecular complexity index is 175. The quantitative estimate of drug-likeness (QED) is 0.709. The number of ether oxygens (including phenoxy) is 2. The first-order valence-corrected chi connectivity index (χ1v) is 6.58. The number of rotatable bonds is 6. The van der Waals surface area contributed by atoms with Gasteiger partial charge >= 0.3 is 0 Å². The lowest BCUT2D eigenvalue weighted by atomic mass is 10.0. The average Bonchev–Trinajstić information content (AvgIpc) is 2.15. The van der Waals surface area contributed by atoms with Gasteiger partial charge in [-0.05, 0) is 39.7 Å². The first-order chi connectivity index (χ1) is 7.58. The summed E-state index contributed by atoms with van der Waals surface area (Å²) in [7, 11) is 0. The molecule has 0 radical (unpaired) electrons. The van der Waals surface area contributed by atoms with Crippen molar-refractivity contribution in [1.29, 1.82) is 0 Å². The van der Waals surface area contributed by atoms with Crippen molar-refractivity contribution in [3.05, 3.63) is 0 Å². The van der Waals surface area contributed by atoms with Crippen molar-refractivity contribution in [2.75, 3.05) is 13.2 Å². The van der Waals surface area contributed by atoms with E-state index in [-0.39, 0.29) is 0 Å². The molecule has 0 aromatic carbocycles. The summed E-state index contributed by atoms with van der Waals surface area (Å²) in [4.78, 5) is 0. The van der Waals surface area contributed by atoms with E-state index in [9.17, 15) is 0 Å². The summed E-state index contributed by atoms with van der Waals surface area (Å²) in [5, 5.41) is 3.40. The molecule has 0 spiro atoms. The van der Waals surface area contributed by atoms with E-state index in [4.69, 9.17) is 9.47 Å². The van der Waals surface area contributed by atoms with Crippen molar-refractivity contribution >= 4 is 0 Å². The normalized spacial score (nSPS) is 30.9. The van der Waals surface area contributed by atoms with Gasteiger partial charge in [0.15, 0.2) is 0 Å². The highest BCUT2D eigenvalue weighted by molar-refractivity contribution is 4.73. The van der Waals surface area contributed by atoms with Crippen LogP contribution in [0.15, 0.2) is 0 Å². The van der Waals surface area contributed by atoms with Crippen LogP contribution in [0.4, 0.5) is 0 Å². The van der Waals surface area contributed by atoms with E-state index in [2.05, 4.69) is 33.0 Å². The first kappa shape index (κ1) is 13.9. The van der Waals surface area contributed by atoms with Crippen LogP contribution in [-0.4, -0.2) is 37.5 Å². The van der Waals surface area contributed by atoms with Gasteiger partial charge in [-0.25, -0.2) is 0 Å². The topological polar surface area (TPSA) is 30.5 Å². The monoisotopic (exact) mass is 229 g/mol. The maximum absolute atomic E-state index is 5.89. The van der Waals surface area contributed by atoms with Crippen LogP contribution in [0.5, 0.6) is 0 Å². The fourth-order valence-electron chi connectivity index (χ4n) is 2.19. The van der Waals surface area contributed by atoms with Gasteiger partial charge in [0, 0.05) is 12.6 Å². The molecule has 2 atom stereocenters. The molecule has 0 aromatic rings. The molecule has 0 amide bonds. The summed E-state index contributed by atoms with van der Waals surface area (Å²) in [5.41, 5.74) is 0. The molecule has 0 saturated carbocycles. The Morgan fingerprint density at radius 1 is 1.25 bits per heavy atom. The second-order valence-corrected chi connectivity index (χ2v) is 5.18. The van der Waals surface area contributed by atoms with E-state index in [0.29, 0.717) is 24.4 Å². The summed E-state index contributed by atoms with van der Waals surface area (Å²) in [6.45, 7) is 10.5. The van der Waals surface area contributed by atoms with Gasteiger partial charge in [-0.15, -0.1) is 0 Å². The summed E-state index contributed by atoms with van der Waals surface area (Å²) in [5.74, 6) is 0. The largest absolute Gasteiger partial charge is 0.378 e. The highest BCUT2D eigenvalue weighted by Crippen LogP contribution is 2.21. The Balaban J connectivity index is 2.04. The van der Waals surface area contributed by atoms with Crippen molar-refractivity contribution in [3.8, 4) is 0 Å². The molecule has 1 aliphatic rings. The van der Waals surface area contributed by atoms with Crippen molar-refractivity contribution in [2.24, 2.45) is 0 Å². The van der Waals surface area contributed by atoms with Crippen molar-refractivity contribution < 1.29 is 9.47 Å². The van der Waals surface area contributed by atoms with Gasteiger partial charge in [-0.1, -0.05) is 13.8 Å². The lowest BCUT2D eigenvalue weighted by molar-refractivity contribution is -0.102. The molecule has 0 aliphatic carbocycles. The van der Waals surface area contributed by atoms with E-state index in [1.807, 2.05) is 0 Å². The molecule has 1 N–H and O–H groups in total. The summed E-state index contributed by atoms with van der Waals surface area (Å²) >= 11 is 0. The maximum atomic E-state index is 5.89. The lowest BCUT2D eigenvalue weighted by Crippen LogP contribution is -2.34. The molecule has 1 heterocycles. The summed E-state index contributed by atoms with van der Waals surface area (Å²) in [6.07, 6.45) is 4.28. The van der Waals surface area contributed by atoms with E-state index in [0.717, 1.165) is 32.4 Å². The molecule has 1 saturated heterocycles. The number of hydrogen-bond acceptors (Lipinski definition) is 3. The fourth-order valence-corrected chi connectivity index (χ4v) is 2.19. The smallest absolute Gasteiger partial charge is 0.0624 e. The minimum atomic E-state index is 0.350. The molecule has 3 heteroatoms.